The van der Waals surface area contributed by atoms with Gasteiger partial charge in [0.1, 0.15) is 28.7 Å². The maximum absolute atomic E-state index is 12.9. The number of nitrogen functional groups attached to an aromatic ring is 1. The lowest BCUT2D eigenvalue weighted by atomic mass is 10.1. The fourth-order valence-electron chi connectivity index (χ4n) is 4.67. The van der Waals surface area contributed by atoms with Crippen molar-refractivity contribution < 1.29 is 9.59 Å². The van der Waals surface area contributed by atoms with Crippen molar-refractivity contribution in [1.29, 1.82) is 0 Å². The maximum Gasteiger partial charge on any atom is 0.299 e. The van der Waals surface area contributed by atoms with Gasteiger partial charge in [0.05, 0.1) is 6.04 Å². The zero-order valence-corrected chi connectivity index (χ0v) is 20.1. The second-order valence-electron chi connectivity index (χ2n) is 9.30. The summed E-state index contributed by atoms with van der Waals surface area (Å²) in [5, 5.41) is 2.79. The van der Waals surface area contributed by atoms with E-state index in [2.05, 4.69) is 27.1 Å². The molecule has 1 unspecified atom stereocenters. The van der Waals surface area contributed by atoms with Gasteiger partial charge in [-0.2, -0.15) is 0 Å². The van der Waals surface area contributed by atoms with Gasteiger partial charge in [-0.3, -0.25) is 14.0 Å². The molecule has 1 atom stereocenters. The normalized spacial score (nSPS) is 16.9. The number of nitrogens with one attached hydrogen (secondary N) is 1. The summed E-state index contributed by atoms with van der Waals surface area (Å²) in [4.78, 5) is 40.8. The second kappa shape index (κ2) is 9.39. The number of anilines is 2. The molecule has 1 aliphatic heterocycles. The molecule has 37 heavy (non-hydrogen) atoms. The van der Waals surface area contributed by atoms with Gasteiger partial charge in [-0.05, 0) is 55.9 Å². The summed E-state index contributed by atoms with van der Waals surface area (Å²) in [7, 11) is 0. The Morgan fingerprint density at radius 3 is 2.62 bits per heavy atom. The van der Waals surface area contributed by atoms with Crippen LogP contribution in [0.3, 0.4) is 0 Å². The number of rotatable bonds is 4. The monoisotopic (exact) mass is 491 g/mol. The number of benzene rings is 1. The Morgan fingerprint density at radius 1 is 1.03 bits per heavy atom. The first-order chi connectivity index (χ1) is 18.1. The standard InChI is InChI=1S/C28H25N7O2/c29-26-25-24(19-9-11-20(12-10-19)28(37)32-22-5-1-2-14-30-22)33-27(35(25)17-15-31-26)21-4-3-16-34(21)23(36)13-8-18-6-7-18/h1-2,5,9-12,14-15,17-18,21H,3-4,6-7,16H2,(H2,29,31)(H,30,32,37). The van der Waals surface area contributed by atoms with Gasteiger partial charge in [0.15, 0.2) is 0 Å². The average Bonchev–Trinajstić information content (AvgIpc) is 3.47. The predicted molar refractivity (Wildman–Crippen MR) is 139 cm³/mol. The molecule has 0 spiro atoms. The maximum atomic E-state index is 12.9. The van der Waals surface area contributed by atoms with Crippen LogP contribution >= 0.6 is 0 Å². The van der Waals surface area contributed by atoms with E-state index in [1.165, 1.54) is 0 Å². The number of pyridine rings is 1. The SMILES string of the molecule is Nc1nccn2c(C3CCCN3C(=O)C#CC3CC3)nc(-c3ccc(C(=O)Nc4ccccn4)cc3)c12. The van der Waals surface area contributed by atoms with Gasteiger partial charge in [0.2, 0.25) is 0 Å². The van der Waals surface area contributed by atoms with Gasteiger partial charge < -0.3 is 16.0 Å². The van der Waals surface area contributed by atoms with Crippen LogP contribution in [0.2, 0.25) is 0 Å². The van der Waals surface area contributed by atoms with E-state index in [1.807, 2.05) is 33.7 Å². The number of hydrogen-bond donors (Lipinski definition) is 2. The van der Waals surface area contributed by atoms with Crippen LogP contribution in [0.1, 0.15) is 47.9 Å². The van der Waals surface area contributed by atoms with Crippen molar-refractivity contribution in [3.63, 3.8) is 0 Å². The number of nitrogens with two attached hydrogens (primary N) is 1. The van der Waals surface area contributed by atoms with Crippen LogP contribution in [0.5, 0.6) is 0 Å². The van der Waals surface area contributed by atoms with Gasteiger partial charge in [-0.15, -0.1) is 0 Å². The highest BCUT2D eigenvalue weighted by Gasteiger charge is 2.34. The van der Waals surface area contributed by atoms with E-state index in [4.69, 9.17) is 10.7 Å². The van der Waals surface area contributed by atoms with Gasteiger partial charge in [0.25, 0.3) is 11.8 Å². The zero-order chi connectivity index (χ0) is 25.4. The van der Waals surface area contributed by atoms with Crippen molar-refractivity contribution >= 4 is 29.0 Å². The average molecular weight is 492 g/mol. The highest BCUT2D eigenvalue weighted by molar-refractivity contribution is 6.04. The van der Waals surface area contributed by atoms with E-state index in [0.717, 1.165) is 37.1 Å². The molecule has 3 N–H and O–H groups in total. The minimum Gasteiger partial charge on any atom is -0.382 e. The molecule has 1 saturated carbocycles. The predicted octanol–water partition coefficient (Wildman–Crippen LogP) is 3.70. The van der Waals surface area contributed by atoms with Gasteiger partial charge in [-0.25, -0.2) is 15.0 Å². The number of carbonyl (C=O) groups is 2. The van der Waals surface area contributed by atoms with Gasteiger partial charge in [-0.1, -0.05) is 24.1 Å². The molecular formula is C28H25N7O2. The molecule has 4 aromatic rings. The Hall–Kier alpha value is -4.71. The number of aromatic nitrogens is 4. The summed E-state index contributed by atoms with van der Waals surface area (Å²) in [5.41, 5.74) is 8.92. The molecule has 6 rings (SSSR count). The molecule has 2 aliphatic rings. The Labute approximate surface area is 213 Å². The number of nitrogens with zero attached hydrogens (tertiary/aromatic N) is 5. The first-order valence-electron chi connectivity index (χ1n) is 12.4. The number of hydrogen-bond acceptors (Lipinski definition) is 6. The summed E-state index contributed by atoms with van der Waals surface area (Å²) >= 11 is 0. The quantitative estimate of drug-likeness (QED) is 0.420. The number of likely N-dealkylation sites (tertiary alicyclic amines) is 1. The van der Waals surface area contributed by atoms with Crippen LogP contribution in [0.4, 0.5) is 11.6 Å². The van der Waals surface area contributed by atoms with E-state index >= 15 is 0 Å². The molecule has 1 aromatic carbocycles. The summed E-state index contributed by atoms with van der Waals surface area (Å²) < 4.78 is 1.92. The summed E-state index contributed by atoms with van der Waals surface area (Å²) in [5.74, 6) is 7.43. The number of imidazole rings is 1. The topological polar surface area (TPSA) is 119 Å². The molecule has 1 aliphatic carbocycles. The fourth-order valence-corrected chi connectivity index (χ4v) is 4.67. The Balaban J connectivity index is 1.32. The van der Waals surface area contributed by atoms with E-state index in [1.54, 1.807) is 36.7 Å². The molecule has 0 bridgehead atoms. The third-order valence-corrected chi connectivity index (χ3v) is 6.71. The molecule has 2 fully saturated rings. The van der Waals surface area contributed by atoms with Crippen LogP contribution in [-0.4, -0.2) is 42.6 Å². The molecule has 184 valence electrons. The Kier molecular flexibility index (Phi) is 5.77. The molecular weight excluding hydrogens is 466 g/mol. The van der Waals surface area contributed by atoms with Crippen molar-refractivity contribution in [2.75, 3.05) is 17.6 Å². The lowest BCUT2D eigenvalue weighted by Crippen LogP contribution is -2.30. The van der Waals surface area contributed by atoms with Crippen molar-refractivity contribution in [3.8, 4) is 23.1 Å². The lowest BCUT2D eigenvalue weighted by molar-refractivity contribution is -0.126. The van der Waals surface area contributed by atoms with Crippen molar-refractivity contribution in [2.45, 2.75) is 31.7 Å². The van der Waals surface area contributed by atoms with Crippen molar-refractivity contribution in [1.82, 2.24) is 24.3 Å². The smallest absolute Gasteiger partial charge is 0.299 e. The number of fused-ring (bicyclic) bond motifs is 1. The van der Waals surface area contributed by atoms with Crippen molar-refractivity contribution in [2.24, 2.45) is 5.92 Å². The molecule has 4 heterocycles. The van der Waals surface area contributed by atoms with E-state index in [0.29, 0.717) is 40.9 Å². The third-order valence-electron chi connectivity index (χ3n) is 6.71. The molecule has 0 radical (unpaired) electrons. The molecule has 9 heteroatoms. The molecule has 9 nitrogen and oxygen atoms in total. The summed E-state index contributed by atoms with van der Waals surface area (Å²) in [6, 6.07) is 12.3. The van der Waals surface area contributed by atoms with Crippen LogP contribution in [0.15, 0.2) is 61.1 Å². The summed E-state index contributed by atoms with van der Waals surface area (Å²) in [6.45, 7) is 0.647. The van der Waals surface area contributed by atoms with E-state index < -0.39 is 0 Å². The lowest BCUT2D eigenvalue weighted by Gasteiger charge is -2.21. The number of carbonyl (C=O) groups excluding carboxylic acids is 2. The Bertz CT molecular complexity index is 1550. The van der Waals surface area contributed by atoms with Gasteiger partial charge >= 0.3 is 0 Å². The van der Waals surface area contributed by atoms with Crippen LogP contribution in [0, 0.1) is 17.8 Å². The highest BCUT2D eigenvalue weighted by Crippen LogP contribution is 2.36. The molecule has 3 aromatic heterocycles. The van der Waals surface area contributed by atoms with Gasteiger partial charge in [0, 0.05) is 42.2 Å². The van der Waals surface area contributed by atoms with Crippen LogP contribution in [0.25, 0.3) is 16.8 Å². The first kappa shape index (κ1) is 22.7. The Morgan fingerprint density at radius 2 is 1.86 bits per heavy atom. The van der Waals surface area contributed by atoms with E-state index in [-0.39, 0.29) is 17.9 Å². The summed E-state index contributed by atoms with van der Waals surface area (Å²) in [6.07, 6.45) is 8.91. The van der Waals surface area contributed by atoms with Crippen molar-refractivity contribution in [3.05, 3.63) is 72.4 Å². The van der Waals surface area contributed by atoms with Crippen LogP contribution in [-0.2, 0) is 4.79 Å². The molecule has 2 amide bonds. The third kappa shape index (κ3) is 4.49. The fraction of sp³-hybridized carbons (Fsp3) is 0.250. The first-order valence-corrected chi connectivity index (χ1v) is 12.4. The minimum atomic E-state index is -0.255. The largest absolute Gasteiger partial charge is 0.382 e. The van der Waals surface area contributed by atoms with Crippen LogP contribution < -0.4 is 11.1 Å². The second-order valence-corrected chi connectivity index (χ2v) is 9.30. The number of amides is 2. The highest BCUT2D eigenvalue weighted by atomic mass is 16.2. The van der Waals surface area contributed by atoms with E-state index in [9.17, 15) is 9.59 Å². The minimum absolute atomic E-state index is 0.155. The molecule has 1 saturated heterocycles. The zero-order valence-electron chi connectivity index (χ0n) is 20.1.